The van der Waals surface area contributed by atoms with Crippen molar-refractivity contribution in [3.05, 3.63) is 96.5 Å². The smallest absolute Gasteiger partial charge is 0.419 e. The Labute approximate surface area is 248 Å². The number of halogens is 3. The number of hydrogen-bond acceptors (Lipinski definition) is 4. The lowest BCUT2D eigenvalue weighted by molar-refractivity contribution is -0.137. The van der Waals surface area contributed by atoms with Gasteiger partial charge in [0.25, 0.3) is 0 Å². The van der Waals surface area contributed by atoms with Gasteiger partial charge in [0.2, 0.25) is 0 Å². The number of ether oxygens (including phenoxy) is 2. The third-order valence-corrected chi connectivity index (χ3v) is 6.65. The molecule has 1 atom stereocenters. The monoisotopic (exact) mass is 583 g/mol. The van der Waals surface area contributed by atoms with Gasteiger partial charge in [-0.25, -0.2) is 4.68 Å². The molecular formula is C34H44F3N3O2. The summed E-state index contributed by atoms with van der Waals surface area (Å²) in [5, 5.41) is 3.84. The van der Waals surface area contributed by atoms with Crippen molar-refractivity contribution in [3.8, 4) is 11.4 Å². The molecule has 8 heteroatoms. The highest BCUT2D eigenvalue weighted by Gasteiger charge is 2.32. The van der Waals surface area contributed by atoms with Crippen LogP contribution < -0.4 is 4.74 Å². The molecule has 2 aromatic carbocycles. The first-order valence-electron chi connectivity index (χ1n) is 14.2. The zero-order chi connectivity index (χ0) is 31.5. The fourth-order valence-corrected chi connectivity index (χ4v) is 4.64. The fourth-order valence-electron chi connectivity index (χ4n) is 4.64. The predicted octanol–water partition coefficient (Wildman–Crippen LogP) is 9.46. The van der Waals surface area contributed by atoms with Crippen LogP contribution in [0.25, 0.3) is 11.4 Å². The van der Waals surface area contributed by atoms with E-state index in [1.807, 2.05) is 20.8 Å². The second kappa shape index (κ2) is 12.7. The molecule has 0 amide bonds. The van der Waals surface area contributed by atoms with Gasteiger partial charge in [0, 0.05) is 30.4 Å². The van der Waals surface area contributed by atoms with Gasteiger partial charge in [0.15, 0.2) is 0 Å². The maximum Gasteiger partial charge on any atom is 0.419 e. The summed E-state index contributed by atoms with van der Waals surface area (Å²) in [6.07, 6.45) is -2.18. The van der Waals surface area contributed by atoms with E-state index < -0.39 is 11.7 Å². The van der Waals surface area contributed by atoms with E-state index in [9.17, 15) is 13.2 Å². The lowest BCUT2D eigenvalue weighted by Crippen LogP contribution is -2.40. The molecule has 42 heavy (non-hydrogen) atoms. The molecule has 0 fully saturated rings. The second-order valence-corrected chi connectivity index (χ2v) is 12.8. The number of nitrogens with zero attached hydrogens (tertiary/aromatic N) is 3. The van der Waals surface area contributed by atoms with Crippen LogP contribution >= 0.6 is 0 Å². The molecule has 0 aliphatic heterocycles. The normalized spacial score (nSPS) is 13.1. The summed E-state index contributed by atoms with van der Waals surface area (Å²) in [6.45, 7) is 26.0. The Hall–Kier alpha value is -3.68. The SMILES string of the molecule is C=C(CCN(C(=C)c1ccc(C(Oc2ccc(-n3cc(C(F)(F)F)cn3)cc2)C(C)C)cc1)C(C)(C)C)OC(C)(C)C. The molecule has 228 valence electrons. The van der Waals surface area contributed by atoms with Crippen molar-refractivity contribution in [2.45, 2.75) is 85.2 Å². The maximum absolute atomic E-state index is 12.9. The quantitative estimate of drug-likeness (QED) is 0.211. The van der Waals surface area contributed by atoms with Crippen LogP contribution in [0.3, 0.4) is 0 Å². The van der Waals surface area contributed by atoms with Crippen molar-refractivity contribution in [3.63, 3.8) is 0 Å². The van der Waals surface area contributed by atoms with Gasteiger partial charge in [-0.05, 0) is 82.9 Å². The van der Waals surface area contributed by atoms with E-state index in [1.165, 1.54) is 4.68 Å². The minimum Gasteiger partial charge on any atom is -0.493 e. The molecule has 1 heterocycles. The molecular weight excluding hydrogens is 539 g/mol. The van der Waals surface area contributed by atoms with Gasteiger partial charge in [0.05, 0.1) is 23.2 Å². The molecule has 3 aromatic rings. The number of aromatic nitrogens is 2. The fraction of sp³-hybridized carbons (Fsp3) is 0.441. The lowest BCUT2D eigenvalue weighted by Gasteiger charge is -2.39. The van der Waals surface area contributed by atoms with Crippen LogP contribution in [0.5, 0.6) is 5.75 Å². The topological polar surface area (TPSA) is 39.5 Å². The summed E-state index contributed by atoms with van der Waals surface area (Å²) in [7, 11) is 0. The van der Waals surface area contributed by atoms with Gasteiger partial charge >= 0.3 is 6.18 Å². The zero-order valence-corrected chi connectivity index (χ0v) is 26.0. The molecule has 1 unspecified atom stereocenters. The van der Waals surface area contributed by atoms with E-state index in [4.69, 9.17) is 9.47 Å². The Morgan fingerprint density at radius 2 is 1.52 bits per heavy atom. The molecule has 0 aliphatic carbocycles. The van der Waals surface area contributed by atoms with Crippen molar-refractivity contribution in [2.75, 3.05) is 6.54 Å². The Bertz CT molecular complexity index is 1340. The highest BCUT2D eigenvalue weighted by molar-refractivity contribution is 5.63. The van der Waals surface area contributed by atoms with Crippen molar-refractivity contribution in [2.24, 2.45) is 5.92 Å². The first-order valence-corrected chi connectivity index (χ1v) is 14.2. The van der Waals surface area contributed by atoms with Gasteiger partial charge in [-0.2, -0.15) is 18.3 Å². The molecule has 0 bridgehead atoms. The first kappa shape index (κ1) is 32.8. The third-order valence-electron chi connectivity index (χ3n) is 6.65. The van der Waals surface area contributed by atoms with Crippen LogP contribution in [0, 0.1) is 5.92 Å². The number of alkyl halides is 3. The Balaban J connectivity index is 1.73. The molecule has 1 aromatic heterocycles. The zero-order valence-electron chi connectivity index (χ0n) is 26.0. The van der Waals surface area contributed by atoms with Crippen LogP contribution in [-0.2, 0) is 10.9 Å². The molecule has 0 saturated heterocycles. The molecule has 3 rings (SSSR count). The Kier molecular flexibility index (Phi) is 9.91. The van der Waals surface area contributed by atoms with E-state index in [0.717, 1.165) is 41.5 Å². The van der Waals surface area contributed by atoms with Gasteiger partial charge < -0.3 is 14.4 Å². The summed E-state index contributed by atoms with van der Waals surface area (Å²) in [4.78, 5) is 2.27. The van der Waals surface area contributed by atoms with Crippen molar-refractivity contribution >= 4 is 5.70 Å². The van der Waals surface area contributed by atoms with Gasteiger partial charge in [0.1, 0.15) is 17.5 Å². The molecule has 0 N–H and O–H groups in total. The lowest BCUT2D eigenvalue weighted by atomic mass is 9.96. The maximum atomic E-state index is 12.9. The summed E-state index contributed by atoms with van der Waals surface area (Å²) in [5.41, 5.74) is 2.23. The van der Waals surface area contributed by atoms with Crippen molar-refractivity contribution in [1.82, 2.24) is 14.7 Å². The van der Waals surface area contributed by atoms with E-state index in [0.29, 0.717) is 17.9 Å². The second-order valence-electron chi connectivity index (χ2n) is 12.8. The van der Waals surface area contributed by atoms with E-state index >= 15 is 0 Å². The average molecular weight is 584 g/mol. The molecule has 0 radical (unpaired) electrons. The Morgan fingerprint density at radius 1 is 0.929 bits per heavy atom. The van der Waals surface area contributed by atoms with Gasteiger partial charge in [-0.15, -0.1) is 0 Å². The van der Waals surface area contributed by atoms with Crippen LogP contribution in [0.4, 0.5) is 13.2 Å². The molecule has 0 aliphatic rings. The average Bonchev–Trinajstić information content (AvgIpc) is 3.37. The highest BCUT2D eigenvalue weighted by Crippen LogP contribution is 2.33. The first-order chi connectivity index (χ1) is 19.3. The third kappa shape index (κ3) is 8.91. The number of benzene rings is 2. The van der Waals surface area contributed by atoms with Crippen LogP contribution in [-0.4, -0.2) is 32.4 Å². The largest absolute Gasteiger partial charge is 0.493 e. The van der Waals surface area contributed by atoms with E-state index in [1.54, 1.807) is 24.3 Å². The summed E-state index contributed by atoms with van der Waals surface area (Å²) < 4.78 is 52.3. The summed E-state index contributed by atoms with van der Waals surface area (Å²) >= 11 is 0. The van der Waals surface area contributed by atoms with Gasteiger partial charge in [-0.1, -0.05) is 51.3 Å². The van der Waals surface area contributed by atoms with Crippen molar-refractivity contribution in [1.29, 1.82) is 0 Å². The van der Waals surface area contributed by atoms with Crippen LogP contribution in [0.1, 0.15) is 84.6 Å². The van der Waals surface area contributed by atoms with Crippen LogP contribution in [0.15, 0.2) is 79.8 Å². The van der Waals surface area contributed by atoms with E-state index in [-0.39, 0.29) is 23.2 Å². The number of hydrogen-bond donors (Lipinski definition) is 0. The van der Waals surface area contributed by atoms with Gasteiger partial charge in [-0.3, -0.25) is 0 Å². The molecule has 0 spiro atoms. The number of rotatable bonds is 11. The minimum atomic E-state index is -4.44. The molecule has 5 nitrogen and oxygen atoms in total. The standard InChI is InChI=1S/C34H44F3N3O2/c1-23(2)31(41-30-17-15-29(16-18-30)40-22-28(21-38-40)34(35,36)37)27-13-11-26(12-14-27)25(4)39(32(5,6)7)20-19-24(3)42-33(8,9)10/h11-18,21-23,31H,3-4,19-20H2,1-2,5-10H3. The highest BCUT2D eigenvalue weighted by atomic mass is 19.4. The summed E-state index contributed by atoms with van der Waals surface area (Å²) in [5.74, 6) is 1.53. The summed E-state index contributed by atoms with van der Waals surface area (Å²) in [6, 6.07) is 15.1. The van der Waals surface area contributed by atoms with E-state index in [2.05, 4.69) is 82.0 Å². The molecule has 0 saturated carbocycles. The predicted molar refractivity (Wildman–Crippen MR) is 163 cm³/mol. The van der Waals surface area contributed by atoms with Crippen LogP contribution in [0.2, 0.25) is 0 Å². The van der Waals surface area contributed by atoms with Crippen molar-refractivity contribution < 1.29 is 22.6 Å². The minimum absolute atomic E-state index is 0.155. The Morgan fingerprint density at radius 3 is 2.00 bits per heavy atom.